The van der Waals surface area contributed by atoms with Crippen LogP contribution < -0.4 is 15.4 Å². The topological polar surface area (TPSA) is 202 Å². The van der Waals surface area contributed by atoms with Gasteiger partial charge in [0.2, 0.25) is 11.8 Å². The molecular weight excluding hydrogens is 821 g/mol. The van der Waals surface area contributed by atoms with Gasteiger partial charge in [0.1, 0.15) is 30.0 Å². The highest BCUT2D eigenvalue weighted by Gasteiger charge is 2.41. The second-order valence-corrected chi connectivity index (χ2v) is 17.0. The Hall–Kier alpha value is -6.20. The highest BCUT2D eigenvalue weighted by atomic mass is 16.5. The van der Waals surface area contributed by atoms with Gasteiger partial charge in [-0.05, 0) is 85.9 Å². The first-order chi connectivity index (χ1) is 30.8. The fourth-order valence-corrected chi connectivity index (χ4v) is 8.94. The van der Waals surface area contributed by atoms with Crippen LogP contribution in [-0.4, -0.2) is 120 Å². The molecule has 3 aromatic carbocycles. The lowest BCUT2D eigenvalue weighted by atomic mass is 9.92. The monoisotopic (exact) mass is 880 g/mol. The van der Waals surface area contributed by atoms with Crippen molar-refractivity contribution in [3.63, 3.8) is 0 Å². The summed E-state index contributed by atoms with van der Waals surface area (Å²) in [5.41, 5.74) is 6.42. The van der Waals surface area contributed by atoms with E-state index in [1.807, 2.05) is 30.9 Å². The molecule has 64 heavy (non-hydrogen) atoms. The van der Waals surface area contributed by atoms with Gasteiger partial charge < -0.3 is 54.1 Å². The molecule has 1 saturated heterocycles. The third-order valence-corrected chi connectivity index (χ3v) is 12.7. The Bertz CT molecular complexity index is 2500. The molecule has 17 heteroatoms. The van der Waals surface area contributed by atoms with E-state index < -0.39 is 36.4 Å². The molecule has 0 radical (unpaired) electrons. The van der Waals surface area contributed by atoms with E-state index in [9.17, 15) is 19.2 Å². The molecule has 17 nitrogen and oxygen atoms in total. The van der Waals surface area contributed by atoms with Gasteiger partial charge in [0, 0.05) is 44.3 Å². The summed E-state index contributed by atoms with van der Waals surface area (Å²) in [6, 6.07) is 13.2. The van der Waals surface area contributed by atoms with Crippen LogP contribution in [-0.2, 0) is 41.7 Å². The number of hydrogen-bond acceptors (Lipinski definition) is 11. The van der Waals surface area contributed by atoms with Gasteiger partial charge in [-0.3, -0.25) is 9.59 Å². The van der Waals surface area contributed by atoms with Crippen LogP contribution in [0.2, 0.25) is 0 Å². The molecule has 0 spiro atoms. The summed E-state index contributed by atoms with van der Waals surface area (Å²) in [6.45, 7) is 10.9. The molecule has 2 aliphatic rings. The van der Waals surface area contributed by atoms with E-state index in [-0.39, 0.29) is 42.9 Å². The maximum atomic E-state index is 14.2. The molecule has 1 fully saturated rings. The maximum absolute atomic E-state index is 14.2. The molecule has 7 rings (SSSR count). The zero-order chi connectivity index (χ0) is 45.8. The van der Waals surface area contributed by atoms with Gasteiger partial charge in [0.05, 0.1) is 67.9 Å². The largest absolute Gasteiger partial charge is 0.488 e. The van der Waals surface area contributed by atoms with E-state index >= 15 is 0 Å². The minimum Gasteiger partial charge on any atom is -0.488 e. The molecule has 0 bridgehead atoms. The first kappa shape index (κ1) is 45.8. The molecule has 7 atom stereocenters. The number of carbonyl (C=O) groups excluding carboxylic acids is 4. The van der Waals surface area contributed by atoms with Crippen molar-refractivity contribution < 1.29 is 42.9 Å². The summed E-state index contributed by atoms with van der Waals surface area (Å²) in [7, 11) is 5.60. The smallest absolute Gasteiger partial charge is 0.407 e. The Morgan fingerprint density at radius 1 is 0.953 bits per heavy atom. The van der Waals surface area contributed by atoms with Crippen LogP contribution in [0.4, 0.5) is 9.59 Å². The normalized spacial score (nSPS) is 18.0. The van der Waals surface area contributed by atoms with Crippen LogP contribution in [0.5, 0.6) is 5.75 Å². The lowest BCUT2D eigenvalue weighted by Crippen LogP contribution is -2.54. The van der Waals surface area contributed by atoms with Gasteiger partial charge in [0.15, 0.2) is 0 Å². The average molecular weight is 881 g/mol. The minimum atomic E-state index is -0.926. The molecule has 4 amide bonds. The maximum Gasteiger partial charge on any atom is 0.407 e. The molecule has 0 unspecified atom stereocenters. The first-order valence-electron chi connectivity index (χ1n) is 21.9. The van der Waals surface area contributed by atoms with Crippen LogP contribution in [0.1, 0.15) is 77.1 Å². The van der Waals surface area contributed by atoms with Crippen molar-refractivity contribution >= 4 is 45.8 Å². The Morgan fingerprint density at radius 2 is 1.72 bits per heavy atom. The predicted molar refractivity (Wildman–Crippen MR) is 240 cm³/mol. The second-order valence-electron chi connectivity index (χ2n) is 17.0. The summed E-state index contributed by atoms with van der Waals surface area (Å²) >= 11 is 0. The van der Waals surface area contributed by atoms with Gasteiger partial charge in [-0.2, -0.15) is 0 Å². The lowest BCUT2D eigenvalue weighted by Gasteiger charge is -2.33. The third-order valence-electron chi connectivity index (χ3n) is 12.7. The number of methoxy groups -OCH3 is 4. The molecular formula is C47H60N8O9. The zero-order valence-electron chi connectivity index (χ0n) is 38.1. The number of alkyl carbamates (subject to hydrolysis) is 2. The van der Waals surface area contributed by atoms with Gasteiger partial charge >= 0.3 is 12.2 Å². The number of benzene rings is 3. The van der Waals surface area contributed by atoms with Crippen LogP contribution in [0.25, 0.3) is 44.2 Å². The van der Waals surface area contributed by atoms with E-state index in [0.29, 0.717) is 31.2 Å². The van der Waals surface area contributed by atoms with Crippen LogP contribution in [0.15, 0.2) is 48.7 Å². The SMILES string of the molecule is CCC[C@H](C)N(Cc1nc2c(ccc3cc4c(cc32)OCc2cc(-c3cnc([C@@H]5C[C@H](C)CN5C(=O)[C@@H](NC(=O)OC)[C@@H](C)OC)[nH]3)ccc2-4)[nH]1)C(=O)[C@@H](CNC(=O)OC)[C@@H](C)OC. The van der Waals surface area contributed by atoms with Crippen molar-refractivity contribution in [2.45, 2.75) is 97.4 Å². The number of fused-ring (bicyclic) bond motifs is 6. The lowest BCUT2D eigenvalue weighted by molar-refractivity contribution is -0.142. The van der Waals surface area contributed by atoms with Crippen molar-refractivity contribution in [1.82, 2.24) is 40.4 Å². The minimum absolute atomic E-state index is 0.0675. The predicted octanol–water partition coefficient (Wildman–Crippen LogP) is 6.86. The quantitative estimate of drug-likeness (QED) is 0.0807. The number of hydrogen-bond donors (Lipinski definition) is 4. The molecule has 0 aliphatic carbocycles. The molecule has 2 aromatic heterocycles. The number of imidazole rings is 2. The molecule has 4 heterocycles. The number of carbonyl (C=O) groups is 4. The number of H-pyrrole nitrogens is 2. The van der Waals surface area contributed by atoms with E-state index in [1.54, 1.807) is 25.1 Å². The van der Waals surface area contributed by atoms with Gasteiger partial charge in [-0.25, -0.2) is 19.6 Å². The van der Waals surface area contributed by atoms with Crippen LogP contribution in [0.3, 0.4) is 0 Å². The fraction of sp³-hybridized carbons (Fsp3) is 0.489. The number of likely N-dealkylation sites (tertiary alicyclic amines) is 1. The van der Waals surface area contributed by atoms with Gasteiger partial charge in [-0.1, -0.05) is 38.5 Å². The number of aromatic nitrogens is 4. The van der Waals surface area contributed by atoms with E-state index in [0.717, 1.165) is 68.3 Å². The van der Waals surface area contributed by atoms with Crippen molar-refractivity contribution in [2.75, 3.05) is 41.5 Å². The number of ether oxygens (including phenoxy) is 5. The molecule has 2 aliphatic heterocycles. The van der Waals surface area contributed by atoms with Crippen molar-refractivity contribution in [3.8, 4) is 28.1 Å². The van der Waals surface area contributed by atoms with Crippen molar-refractivity contribution in [2.24, 2.45) is 11.8 Å². The molecule has 342 valence electrons. The Labute approximate surface area is 372 Å². The zero-order valence-corrected chi connectivity index (χ0v) is 38.1. The fourth-order valence-electron chi connectivity index (χ4n) is 8.94. The first-order valence-corrected chi connectivity index (χ1v) is 21.9. The number of nitrogens with zero attached hydrogens (tertiary/aromatic N) is 4. The molecule has 5 aromatic rings. The Kier molecular flexibility index (Phi) is 14.1. The summed E-state index contributed by atoms with van der Waals surface area (Å²) in [5, 5.41) is 7.24. The molecule has 0 saturated carbocycles. The van der Waals surface area contributed by atoms with Gasteiger partial charge in [-0.15, -0.1) is 0 Å². The number of rotatable bonds is 16. The Balaban J connectivity index is 1.13. The van der Waals surface area contributed by atoms with Crippen LogP contribution in [0, 0.1) is 11.8 Å². The number of amides is 4. The van der Waals surface area contributed by atoms with Crippen LogP contribution >= 0.6 is 0 Å². The standard InChI is InChI=1S/C47H60N8O9/c1-10-11-26(3)54(44(56)35(27(4)60-6)20-49-46(58)62-8)23-40-50-36-15-13-29-18-34-32-14-12-30(17-31(32)24-64-39(34)19-33(29)42(36)52-40)37-21-48-43(51-37)38-16-25(2)22-55(38)45(57)41(28(5)61-7)53-47(59)63-9/h12-15,17-19,21,25-28,35,38,41H,10-11,16,20,22-24H2,1-9H3,(H,48,51)(H,49,58)(H,50,52)(H,53,59)/t25-,26-,27+,28+,35-,38-,41-/m0/s1. The highest BCUT2D eigenvalue weighted by molar-refractivity contribution is 6.07. The summed E-state index contributed by atoms with van der Waals surface area (Å²) in [5.74, 6) is 1.23. The Morgan fingerprint density at radius 3 is 2.44 bits per heavy atom. The summed E-state index contributed by atoms with van der Waals surface area (Å²) in [4.78, 5) is 72.5. The average Bonchev–Trinajstić information content (AvgIpc) is 4.07. The number of nitrogens with one attached hydrogen (secondary N) is 4. The van der Waals surface area contributed by atoms with Crippen molar-refractivity contribution in [3.05, 3.63) is 65.9 Å². The summed E-state index contributed by atoms with van der Waals surface area (Å²) < 4.78 is 27.0. The van der Waals surface area contributed by atoms with E-state index in [2.05, 4.69) is 64.8 Å². The molecule has 4 N–H and O–H groups in total. The number of aromatic amines is 2. The van der Waals surface area contributed by atoms with Crippen molar-refractivity contribution in [1.29, 1.82) is 0 Å². The van der Waals surface area contributed by atoms with E-state index in [4.69, 9.17) is 33.7 Å². The summed E-state index contributed by atoms with van der Waals surface area (Å²) in [6.07, 6.45) is 1.83. The third kappa shape index (κ3) is 9.36. The highest BCUT2D eigenvalue weighted by Crippen LogP contribution is 2.43. The second kappa shape index (κ2) is 19.7. The van der Waals surface area contributed by atoms with Gasteiger partial charge in [0.25, 0.3) is 0 Å². The van der Waals surface area contributed by atoms with E-state index in [1.165, 1.54) is 21.3 Å².